The molecule has 0 spiro atoms. The van der Waals surface area contributed by atoms with Crippen LogP contribution in [0.3, 0.4) is 0 Å². The van der Waals surface area contributed by atoms with Gasteiger partial charge in [0.25, 0.3) is 0 Å². The number of carbonyl (C=O) groups excluding carboxylic acids is 2. The number of ether oxygens (including phenoxy) is 1. The van der Waals surface area contributed by atoms with E-state index in [0.29, 0.717) is 25.8 Å². The van der Waals surface area contributed by atoms with Gasteiger partial charge in [0.2, 0.25) is 5.91 Å². The summed E-state index contributed by atoms with van der Waals surface area (Å²) in [6, 6.07) is 9.80. The average molecular weight is 392 g/mol. The van der Waals surface area contributed by atoms with E-state index in [1.807, 2.05) is 76.9 Å². The van der Waals surface area contributed by atoms with Crippen LogP contribution < -0.4 is 5.32 Å². The SMILES string of the molecule is CCN(CC)N(CC)C(=O)CCC(Cc1ccccc1)NC(=O)OC(C)(C)C. The van der Waals surface area contributed by atoms with Crippen LogP contribution in [0.5, 0.6) is 0 Å². The quantitative estimate of drug-likeness (QED) is 0.612. The minimum atomic E-state index is -0.557. The lowest BCUT2D eigenvalue weighted by Gasteiger charge is -2.33. The molecule has 1 atom stereocenters. The van der Waals surface area contributed by atoms with Crippen molar-refractivity contribution in [2.75, 3.05) is 19.6 Å². The summed E-state index contributed by atoms with van der Waals surface area (Å²) in [7, 11) is 0. The second-order valence-electron chi connectivity index (χ2n) is 7.82. The van der Waals surface area contributed by atoms with Crippen molar-refractivity contribution in [2.24, 2.45) is 0 Å². The van der Waals surface area contributed by atoms with Crippen LogP contribution in [0.2, 0.25) is 0 Å². The first-order chi connectivity index (χ1) is 13.2. The Hall–Kier alpha value is -2.08. The molecule has 1 unspecified atom stereocenters. The number of amides is 2. The van der Waals surface area contributed by atoms with E-state index in [9.17, 15) is 9.59 Å². The Bertz CT molecular complexity index is 595. The maximum absolute atomic E-state index is 12.7. The topological polar surface area (TPSA) is 61.9 Å². The molecule has 0 heterocycles. The second kappa shape index (κ2) is 11.7. The molecule has 158 valence electrons. The molecule has 6 nitrogen and oxygen atoms in total. The molecule has 0 saturated heterocycles. The first-order valence-corrected chi connectivity index (χ1v) is 10.3. The second-order valence-corrected chi connectivity index (χ2v) is 7.82. The lowest BCUT2D eigenvalue weighted by Crippen LogP contribution is -2.47. The maximum atomic E-state index is 12.7. The molecule has 2 amide bonds. The Morgan fingerprint density at radius 3 is 2.14 bits per heavy atom. The molecule has 1 N–H and O–H groups in total. The fourth-order valence-corrected chi connectivity index (χ4v) is 3.12. The molecule has 0 bridgehead atoms. The van der Waals surface area contributed by atoms with Crippen molar-refractivity contribution >= 4 is 12.0 Å². The predicted molar refractivity (Wildman–Crippen MR) is 113 cm³/mol. The summed E-state index contributed by atoms with van der Waals surface area (Å²) in [5.41, 5.74) is 0.561. The summed E-state index contributed by atoms with van der Waals surface area (Å²) >= 11 is 0. The number of rotatable bonds is 10. The van der Waals surface area contributed by atoms with Crippen LogP contribution in [0.25, 0.3) is 0 Å². The molecule has 0 aliphatic rings. The number of hydrogen-bond donors (Lipinski definition) is 1. The lowest BCUT2D eigenvalue weighted by molar-refractivity contribution is -0.148. The zero-order chi connectivity index (χ0) is 21.2. The van der Waals surface area contributed by atoms with Crippen molar-refractivity contribution in [3.8, 4) is 0 Å². The molecule has 0 aliphatic carbocycles. The molecule has 0 aliphatic heterocycles. The molecule has 0 fully saturated rings. The van der Waals surface area contributed by atoms with Gasteiger partial charge in [0.1, 0.15) is 5.60 Å². The van der Waals surface area contributed by atoms with Gasteiger partial charge in [-0.1, -0.05) is 44.2 Å². The standard InChI is InChI=1S/C22H37N3O3/c1-7-24(8-2)25(9-3)20(26)16-15-19(17-18-13-11-10-12-14-18)23-21(27)28-22(4,5)6/h10-14,19H,7-9,15-17H2,1-6H3,(H,23,27). The highest BCUT2D eigenvalue weighted by atomic mass is 16.6. The van der Waals surface area contributed by atoms with Crippen molar-refractivity contribution in [3.63, 3.8) is 0 Å². The molecule has 6 heteroatoms. The normalized spacial score (nSPS) is 12.5. The first kappa shape index (κ1) is 24.0. The highest BCUT2D eigenvalue weighted by Crippen LogP contribution is 2.12. The zero-order valence-corrected chi connectivity index (χ0v) is 18.3. The van der Waals surface area contributed by atoms with Crippen LogP contribution in [0.4, 0.5) is 4.79 Å². The van der Waals surface area contributed by atoms with Crippen LogP contribution in [0.1, 0.15) is 59.9 Å². The van der Waals surface area contributed by atoms with Gasteiger partial charge in [0, 0.05) is 32.1 Å². The van der Waals surface area contributed by atoms with Gasteiger partial charge in [-0.2, -0.15) is 0 Å². The third-order valence-electron chi connectivity index (χ3n) is 4.41. The van der Waals surface area contributed by atoms with Crippen molar-refractivity contribution in [2.45, 2.75) is 72.4 Å². The summed E-state index contributed by atoms with van der Waals surface area (Å²) in [5.74, 6) is 0.0789. The summed E-state index contributed by atoms with van der Waals surface area (Å²) < 4.78 is 5.40. The van der Waals surface area contributed by atoms with Gasteiger partial charge in [0.05, 0.1) is 0 Å². The highest BCUT2D eigenvalue weighted by Gasteiger charge is 2.22. The monoisotopic (exact) mass is 391 g/mol. The van der Waals surface area contributed by atoms with E-state index in [2.05, 4.69) is 5.32 Å². The number of nitrogens with zero attached hydrogens (tertiary/aromatic N) is 2. The smallest absolute Gasteiger partial charge is 0.407 e. The Balaban J connectivity index is 2.78. The van der Waals surface area contributed by atoms with Gasteiger partial charge >= 0.3 is 6.09 Å². The van der Waals surface area contributed by atoms with Gasteiger partial charge in [0.15, 0.2) is 0 Å². The predicted octanol–water partition coefficient (Wildman–Crippen LogP) is 4.01. The highest BCUT2D eigenvalue weighted by molar-refractivity contribution is 5.76. The van der Waals surface area contributed by atoms with E-state index in [4.69, 9.17) is 4.74 Å². The summed E-state index contributed by atoms with van der Waals surface area (Å²) in [6.07, 6.45) is 1.14. The molecule has 1 aromatic rings. The van der Waals surface area contributed by atoms with Crippen molar-refractivity contribution in [1.29, 1.82) is 0 Å². The van der Waals surface area contributed by atoms with Gasteiger partial charge < -0.3 is 10.1 Å². The van der Waals surface area contributed by atoms with E-state index < -0.39 is 11.7 Å². The minimum absolute atomic E-state index is 0.0789. The van der Waals surface area contributed by atoms with Gasteiger partial charge in [-0.25, -0.2) is 9.80 Å². The molecule has 28 heavy (non-hydrogen) atoms. The fraction of sp³-hybridized carbons (Fsp3) is 0.636. The lowest BCUT2D eigenvalue weighted by atomic mass is 10.0. The largest absolute Gasteiger partial charge is 0.444 e. The van der Waals surface area contributed by atoms with E-state index >= 15 is 0 Å². The van der Waals surface area contributed by atoms with Gasteiger partial charge in [-0.05, 0) is 46.1 Å². The Kier molecular flexibility index (Phi) is 10.0. The first-order valence-electron chi connectivity index (χ1n) is 10.3. The molecule has 0 aromatic heterocycles. The third kappa shape index (κ3) is 8.74. The number of benzene rings is 1. The van der Waals surface area contributed by atoms with Crippen LogP contribution >= 0.6 is 0 Å². The van der Waals surface area contributed by atoms with Crippen molar-refractivity contribution in [3.05, 3.63) is 35.9 Å². The molecule has 0 saturated carbocycles. The van der Waals surface area contributed by atoms with Gasteiger partial charge in [-0.3, -0.25) is 9.80 Å². The van der Waals surface area contributed by atoms with Gasteiger partial charge in [-0.15, -0.1) is 0 Å². The molecule has 0 radical (unpaired) electrons. The number of alkyl carbamates (subject to hydrolysis) is 1. The number of nitrogens with one attached hydrogen (secondary N) is 1. The Labute approximate surface area is 170 Å². The van der Waals surface area contributed by atoms with Crippen LogP contribution in [0, 0.1) is 0 Å². The fourth-order valence-electron chi connectivity index (χ4n) is 3.12. The van der Waals surface area contributed by atoms with Crippen LogP contribution in [-0.2, 0) is 16.0 Å². The van der Waals surface area contributed by atoms with Crippen molar-refractivity contribution in [1.82, 2.24) is 15.3 Å². The third-order valence-corrected chi connectivity index (χ3v) is 4.41. The maximum Gasteiger partial charge on any atom is 0.407 e. The van der Waals surface area contributed by atoms with E-state index in [1.165, 1.54) is 0 Å². The summed E-state index contributed by atoms with van der Waals surface area (Å²) in [4.78, 5) is 25.0. The van der Waals surface area contributed by atoms with E-state index in [1.54, 1.807) is 5.01 Å². The Morgan fingerprint density at radius 1 is 1.04 bits per heavy atom. The summed E-state index contributed by atoms with van der Waals surface area (Å²) in [5, 5.41) is 6.78. The molecule has 1 aromatic carbocycles. The zero-order valence-electron chi connectivity index (χ0n) is 18.3. The molecular weight excluding hydrogens is 354 g/mol. The van der Waals surface area contributed by atoms with E-state index in [-0.39, 0.29) is 11.9 Å². The molecular formula is C22H37N3O3. The summed E-state index contributed by atoms with van der Waals surface area (Å²) in [6.45, 7) is 13.8. The minimum Gasteiger partial charge on any atom is -0.444 e. The number of hydrogen-bond acceptors (Lipinski definition) is 4. The van der Waals surface area contributed by atoms with Crippen LogP contribution in [-0.4, -0.2) is 53.3 Å². The van der Waals surface area contributed by atoms with E-state index in [0.717, 1.165) is 18.7 Å². The average Bonchev–Trinajstić information content (AvgIpc) is 2.63. The van der Waals surface area contributed by atoms with Crippen LogP contribution in [0.15, 0.2) is 30.3 Å². The molecule has 1 rings (SSSR count). The Morgan fingerprint density at radius 2 is 1.64 bits per heavy atom. The van der Waals surface area contributed by atoms with Crippen molar-refractivity contribution < 1.29 is 14.3 Å². The number of hydrazine groups is 1. The number of carbonyl (C=O) groups is 2.